The summed E-state index contributed by atoms with van der Waals surface area (Å²) in [6, 6.07) is 18.4. The summed E-state index contributed by atoms with van der Waals surface area (Å²) < 4.78 is 0. The van der Waals surface area contributed by atoms with Crippen molar-refractivity contribution in [2.24, 2.45) is 5.73 Å². The zero-order valence-electron chi connectivity index (χ0n) is 12.5. The second-order valence-electron chi connectivity index (χ2n) is 5.28. The Kier molecular flexibility index (Phi) is 6.13. The third-order valence-corrected chi connectivity index (χ3v) is 3.58. The monoisotopic (exact) mass is 298 g/mol. The van der Waals surface area contributed by atoms with Gasteiger partial charge in [0, 0.05) is 5.56 Å². The molecule has 0 aliphatic carbocycles. The highest BCUT2D eigenvalue weighted by atomic mass is 16.3. The van der Waals surface area contributed by atoms with Gasteiger partial charge in [-0.1, -0.05) is 48.5 Å². The Morgan fingerprint density at radius 3 is 2.23 bits per heavy atom. The first-order valence-corrected chi connectivity index (χ1v) is 7.48. The van der Waals surface area contributed by atoms with Crippen molar-refractivity contribution in [3.05, 3.63) is 71.8 Å². The standard InChI is InChI=1S/C18H22N2O2/c19-12-11-17(21)16(13-14-7-3-1-4-8-14)20-18(22)15-9-5-2-6-10-15/h1-10,16-17,21H,11-13,19H2,(H,20,22)/t16-,17-/m0/s1. The lowest BCUT2D eigenvalue weighted by Gasteiger charge is -2.24. The average Bonchev–Trinajstić information content (AvgIpc) is 2.56. The van der Waals surface area contributed by atoms with Crippen LogP contribution in [0.15, 0.2) is 60.7 Å². The van der Waals surface area contributed by atoms with Crippen molar-refractivity contribution in [2.75, 3.05) is 6.54 Å². The third kappa shape index (κ3) is 4.69. The molecule has 0 spiro atoms. The van der Waals surface area contributed by atoms with E-state index in [1.165, 1.54) is 0 Å². The predicted octanol–water partition coefficient (Wildman–Crippen LogP) is 1.74. The van der Waals surface area contributed by atoms with Gasteiger partial charge in [0.1, 0.15) is 0 Å². The number of hydrogen-bond acceptors (Lipinski definition) is 3. The van der Waals surface area contributed by atoms with E-state index in [1.54, 1.807) is 12.1 Å². The highest BCUT2D eigenvalue weighted by Crippen LogP contribution is 2.10. The maximum Gasteiger partial charge on any atom is 0.251 e. The van der Waals surface area contributed by atoms with Gasteiger partial charge in [-0.05, 0) is 37.1 Å². The number of amides is 1. The van der Waals surface area contributed by atoms with Gasteiger partial charge in [-0.3, -0.25) is 4.79 Å². The minimum absolute atomic E-state index is 0.183. The van der Waals surface area contributed by atoms with Crippen LogP contribution in [-0.4, -0.2) is 29.7 Å². The summed E-state index contributed by atoms with van der Waals surface area (Å²) >= 11 is 0. The summed E-state index contributed by atoms with van der Waals surface area (Å²) in [6.45, 7) is 0.383. The second kappa shape index (κ2) is 8.32. The molecular formula is C18H22N2O2. The van der Waals surface area contributed by atoms with Crippen LogP contribution < -0.4 is 11.1 Å². The van der Waals surface area contributed by atoms with Crippen molar-refractivity contribution >= 4 is 5.91 Å². The number of aliphatic hydroxyl groups excluding tert-OH is 1. The molecule has 0 heterocycles. The largest absolute Gasteiger partial charge is 0.391 e. The molecule has 0 aliphatic rings. The first-order valence-electron chi connectivity index (χ1n) is 7.48. The zero-order chi connectivity index (χ0) is 15.8. The molecule has 0 saturated heterocycles. The van der Waals surface area contributed by atoms with Gasteiger partial charge in [-0.15, -0.1) is 0 Å². The number of hydrogen-bond donors (Lipinski definition) is 3. The Morgan fingerprint density at radius 1 is 1.05 bits per heavy atom. The molecule has 22 heavy (non-hydrogen) atoms. The van der Waals surface area contributed by atoms with Crippen molar-refractivity contribution in [1.82, 2.24) is 5.32 Å². The Balaban J connectivity index is 2.09. The molecule has 2 atom stereocenters. The maximum absolute atomic E-state index is 12.3. The Bertz CT molecular complexity index is 572. The maximum atomic E-state index is 12.3. The highest BCUT2D eigenvalue weighted by molar-refractivity contribution is 5.94. The van der Waals surface area contributed by atoms with Crippen LogP contribution in [0.3, 0.4) is 0 Å². The van der Waals surface area contributed by atoms with Gasteiger partial charge in [0.25, 0.3) is 5.91 Å². The van der Waals surface area contributed by atoms with E-state index >= 15 is 0 Å². The fourth-order valence-corrected chi connectivity index (χ4v) is 2.36. The molecule has 2 rings (SSSR count). The number of benzene rings is 2. The highest BCUT2D eigenvalue weighted by Gasteiger charge is 2.21. The fourth-order valence-electron chi connectivity index (χ4n) is 2.36. The first kappa shape index (κ1) is 16.2. The summed E-state index contributed by atoms with van der Waals surface area (Å²) in [4.78, 5) is 12.3. The van der Waals surface area contributed by atoms with E-state index in [0.29, 0.717) is 24.9 Å². The molecule has 2 aromatic carbocycles. The molecule has 0 fully saturated rings. The zero-order valence-corrected chi connectivity index (χ0v) is 12.5. The number of carbonyl (C=O) groups is 1. The molecule has 0 unspecified atom stereocenters. The molecule has 4 heteroatoms. The Labute approximate surface area is 131 Å². The molecule has 0 aromatic heterocycles. The summed E-state index contributed by atoms with van der Waals surface area (Å²) in [5.41, 5.74) is 7.18. The molecule has 0 radical (unpaired) electrons. The number of nitrogens with two attached hydrogens (primary N) is 1. The lowest BCUT2D eigenvalue weighted by atomic mass is 9.98. The number of nitrogens with one attached hydrogen (secondary N) is 1. The molecule has 1 amide bonds. The van der Waals surface area contributed by atoms with Crippen molar-refractivity contribution in [2.45, 2.75) is 25.0 Å². The van der Waals surface area contributed by atoms with Gasteiger partial charge in [0.05, 0.1) is 12.1 Å². The normalized spacial score (nSPS) is 13.4. The quantitative estimate of drug-likeness (QED) is 0.729. The van der Waals surface area contributed by atoms with E-state index in [4.69, 9.17) is 5.73 Å². The van der Waals surface area contributed by atoms with Crippen molar-refractivity contribution < 1.29 is 9.90 Å². The minimum atomic E-state index is -0.669. The molecule has 0 aliphatic heterocycles. The van der Waals surface area contributed by atoms with E-state index in [0.717, 1.165) is 5.56 Å². The molecule has 0 saturated carbocycles. The Morgan fingerprint density at radius 2 is 1.64 bits per heavy atom. The van der Waals surface area contributed by atoms with Crippen LogP contribution in [0.5, 0.6) is 0 Å². The molecule has 4 N–H and O–H groups in total. The smallest absolute Gasteiger partial charge is 0.251 e. The van der Waals surface area contributed by atoms with Crippen LogP contribution >= 0.6 is 0 Å². The molecule has 4 nitrogen and oxygen atoms in total. The lowest BCUT2D eigenvalue weighted by Crippen LogP contribution is -2.45. The number of carbonyl (C=O) groups excluding carboxylic acids is 1. The van der Waals surface area contributed by atoms with E-state index < -0.39 is 6.10 Å². The third-order valence-electron chi connectivity index (χ3n) is 3.58. The van der Waals surface area contributed by atoms with E-state index in [9.17, 15) is 9.90 Å². The molecule has 0 bridgehead atoms. The summed E-state index contributed by atoms with van der Waals surface area (Å²) in [7, 11) is 0. The fraction of sp³-hybridized carbons (Fsp3) is 0.278. The van der Waals surface area contributed by atoms with Crippen LogP contribution in [0.4, 0.5) is 0 Å². The van der Waals surface area contributed by atoms with Crippen LogP contribution in [0.2, 0.25) is 0 Å². The molecule has 116 valence electrons. The average molecular weight is 298 g/mol. The lowest BCUT2D eigenvalue weighted by molar-refractivity contribution is 0.0819. The first-order chi connectivity index (χ1) is 10.7. The van der Waals surface area contributed by atoms with Crippen molar-refractivity contribution in [3.63, 3.8) is 0 Å². The predicted molar refractivity (Wildman–Crippen MR) is 87.5 cm³/mol. The molecule has 2 aromatic rings. The van der Waals surface area contributed by atoms with Crippen LogP contribution in [0.1, 0.15) is 22.3 Å². The van der Waals surface area contributed by atoms with Gasteiger partial charge in [-0.25, -0.2) is 0 Å². The Hall–Kier alpha value is -2.17. The topological polar surface area (TPSA) is 75.3 Å². The second-order valence-corrected chi connectivity index (χ2v) is 5.28. The van der Waals surface area contributed by atoms with Gasteiger partial charge in [0.15, 0.2) is 0 Å². The van der Waals surface area contributed by atoms with Gasteiger partial charge < -0.3 is 16.2 Å². The molecular weight excluding hydrogens is 276 g/mol. The van der Waals surface area contributed by atoms with Gasteiger partial charge >= 0.3 is 0 Å². The number of rotatable bonds is 7. The van der Waals surface area contributed by atoms with E-state index in [1.807, 2.05) is 48.5 Å². The van der Waals surface area contributed by atoms with E-state index in [2.05, 4.69) is 5.32 Å². The van der Waals surface area contributed by atoms with Crippen LogP contribution in [-0.2, 0) is 6.42 Å². The summed E-state index contributed by atoms with van der Waals surface area (Å²) in [6.07, 6.45) is 0.352. The number of aliphatic hydroxyl groups is 1. The van der Waals surface area contributed by atoms with Gasteiger partial charge in [0.2, 0.25) is 0 Å². The van der Waals surface area contributed by atoms with Gasteiger partial charge in [-0.2, -0.15) is 0 Å². The van der Waals surface area contributed by atoms with Crippen molar-refractivity contribution in [3.8, 4) is 0 Å². The minimum Gasteiger partial charge on any atom is -0.391 e. The van der Waals surface area contributed by atoms with Crippen LogP contribution in [0, 0.1) is 0 Å². The SMILES string of the molecule is NCC[C@H](O)[C@H](Cc1ccccc1)NC(=O)c1ccccc1. The van der Waals surface area contributed by atoms with Crippen LogP contribution in [0.25, 0.3) is 0 Å². The van der Waals surface area contributed by atoms with Crippen molar-refractivity contribution in [1.29, 1.82) is 0 Å². The summed E-state index contributed by atoms with van der Waals surface area (Å²) in [5.74, 6) is -0.183. The van der Waals surface area contributed by atoms with E-state index in [-0.39, 0.29) is 11.9 Å². The summed E-state index contributed by atoms with van der Waals surface area (Å²) in [5, 5.41) is 13.2.